The second-order valence-electron chi connectivity index (χ2n) is 5.15. The van der Waals surface area contributed by atoms with Gasteiger partial charge in [0.05, 0.1) is 17.2 Å². The Bertz CT molecular complexity index is 984. The van der Waals surface area contributed by atoms with Crippen molar-refractivity contribution >= 4 is 28.6 Å². The van der Waals surface area contributed by atoms with E-state index in [1.54, 1.807) is 12.1 Å². The molecular formula is C20H13N3. The number of nitriles is 2. The Morgan fingerprint density at radius 3 is 2.26 bits per heavy atom. The minimum absolute atomic E-state index is 0.575. The molecule has 0 fully saturated rings. The number of benzene rings is 3. The average molecular weight is 295 g/mol. The van der Waals surface area contributed by atoms with Gasteiger partial charge in [0.2, 0.25) is 0 Å². The predicted octanol–water partition coefficient (Wildman–Crippen LogP) is 4.34. The zero-order valence-corrected chi connectivity index (χ0v) is 12.3. The van der Waals surface area contributed by atoms with E-state index in [1.165, 1.54) is 0 Å². The summed E-state index contributed by atoms with van der Waals surface area (Å²) in [6.07, 6.45) is 3.85. The van der Waals surface area contributed by atoms with Crippen molar-refractivity contribution in [1.82, 2.24) is 0 Å². The summed E-state index contributed by atoms with van der Waals surface area (Å²) in [5, 5.41) is 20.3. The number of anilines is 1. The lowest BCUT2D eigenvalue weighted by molar-refractivity contribution is 1.48. The molecule has 0 aromatic heterocycles. The van der Waals surface area contributed by atoms with Crippen molar-refractivity contribution < 1.29 is 0 Å². The lowest BCUT2D eigenvalue weighted by Gasteiger charge is -2.05. The molecule has 0 aliphatic heterocycles. The minimum Gasteiger partial charge on any atom is -0.399 e. The van der Waals surface area contributed by atoms with Gasteiger partial charge in [-0.1, -0.05) is 48.6 Å². The van der Waals surface area contributed by atoms with E-state index in [0.29, 0.717) is 11.1 Å². The lowest BCUT2D eigenvalue weighted by Crippen LogP contribution is -1.88. The largest absolute Gasteiger partial charge is 0.399 e. The van der Waals surface area contributed by atoms with E-state index in [1.807, 2.05) is 54.6 Å². The number of rotatable bonds is 2. The molecule has 23 heavy (non-hydrogen) atoms. The fourth-order valence-corrected chi connectivity index (χ4v) is 2.53. The van der Waals surface area contributed by atoms with Crippen LogP contribution in [0.4, 0.5) is 5.69 Å². The first-order valence-electron chi connectivity index (χ1n) is 7.12. The molecule has 0 spiro atoms. The van der Waals surface area contributed by atoms with Crippen LogP contribution in [0.1, 0.15) is 22.3 Å². The maximum absolute atomic E-state index is 9.53. The Morgan fingerprint density at radius 1 is 0.783 bits per heavy atom. The van der Waals surface area contributed by atoms with Crippen LogP contribution in [0, 0.1) is 22.7 Å². The van der Waals surface area contributed by atoms with Gasteiger partial charge >= 0.3 is 0 Å². The molecule has 0 amide bonds. The molecule has 0 unspecified atom stereocenters. The lowest BCUT2D eigenvalue weighted by atomic mass is 9.96. The zero-order chi connectivity index (χ0) is 16.2. The quantitative estimate of drug-likeness (QED) is 0.564. The van der Waals surface area contributed by atoms with E-state index in [-0.39, 0.29) is 0 Å². The normalized spacial score (nSPS) is 10.5. The third kappa shape index (κ3) is 2.77. The molecule has 3 heteroatoms. The van der Waals surface area contributed by atoms with Crippen LogP contribution in [-0.2, 0) is 0 Å². The van der Waals surface area contributed by atoms with Crippen LogP contribution in [0.25, 0.3) is 22.9 Å². The van der Waals surface area contributed by atoms with Gasteiger partial charge in [0.25, 0.3) is 0 Å². The molecule has 108 valence electrons. The second-order valence-corrected chi connectivity index (χ2v) is 5.15. The molecule has 3 aromatic carbocycles. The van der Waals surface area contributed by atoms with Gasteiger partial charge in [0.15, 0.2) is 0 Å². The molecule has 0 saturated heterocycles. The Hall–Kier alpha value is -3.56. The van der Waals surface area contributed by atoms with E-state index >= 15 is 0 Å². The Kier molecular flexibility index (Phi) is 3.78. The topological polar surface area (TPSA) is 73.6 Å². The molecule has 0 saturated carbocycles. The minimum atomic E-state index is 0.575. The maximum Gasteiger partial charge on any atom is 0.100 e. The van der Waals surface area contributed by atoms with Crippen molar-refractivity contribution in [2.24, 2.45) is 0 Å². The molecule has 3 rings (SSSR count). The summed E-state index contributed by atoms with van der Waals surface area (Å²) < 4.78 is 0. The summed E-state index contributed by atoms with van der Waals surface area (Å²) in [6, 6.07) is 21.1. The van der Waals surface area contributed by atoms with Gasteiger partial charge < -0.3 is 5.73 Å². The third-order valence-corrected chi connectivity index (χ3v) is 3.72. The fraction of sp³-hybridized carbons (Fsp3) is 0. The van der Waals surface area contributed by atoms with Gasteiger partial charge in [0, 0.05) is 16.5 Å². The molecule has 2 N–H and O–H groups in total. The molecule has 0 radical (unpaired) electrons. The van der Waals surface area contributed by atoms with Crippen LogP contribution in [-0.4, -0.2) is 0 Å². The fourth-order valence-electron chi connectivity index (χ4n) is 2.53. The summed E-state index contributed by atoms with van der Waals surface area (Å²) in [7, 11) is 0. The van der Waals surface area contributed by atoms with Crippen LogP contribution >= 0.6 is 0 Å². The number of hydrogen-bond acceptors (Lipinski definition) is 3. The second kappa shape index (κ2) is 6.05. The first-order valence-corrected chi connectivity index (χ1v) is 7.12. The molecule has 3 nitrogen and oxygen atoms in total. The molecule has 3 aromatic rings. The third-order valence-electron chi connectivity index (χ3n) is 3.72. The first kappa shape index (κ1) is 14.4. The monoisotopic (exact) mass is 295 g/mol. The predicted molar refractivity (Wildman–Crippen MR) is 93.2 cm³/mol. The number of nitrogen functional groups attached to an aromatic ring is 1. The number of fused-ring (bicyclic) bond motifs is 1. The van der Waals surface area contributed by atoms with Crippen molar-refractivity contribution in [1.29, 1.82) is 10.5 Å². The summed E-state index contributed by atoms with van der Waals surface area (Å²) in [6.45, 7) is 0. The number of nitrogens with zero attached hydrogens (tertiary/aromatic N) is 2. The number of nitrogens with two attached hydrogens (primary N) is 1. The highest BCUT2D eigenvalue weighted by molar-refractivity contribution is 5.95. The van der Waals surface area contributed by atoms with Crippen molar-refractivity contribution in [3.63, 3.8) is 0 Å². The molecule has 0 bridgehead atoms. The van der Waals surface area contributed by atoms with Gasteiger partial charge in [-0.15, -0.1) is 0 Å². The van der Waals surface area contributed by atoms with Crippen molar-refractivity contribution in [2.75, 3.05) is 5.73 Å². The van der Waals surface area contributed by atoms with Crippen molar-refractivity contribution in [2.45, 2.75) is 0 Å². The summed E-state index contributed by atoms with van der Waals surface area (Å²) in [4.78, 5) is 0. The zero-order valence-electron chi connectivity index (χ0n) is 12.3. The molecule has 0 aliphatic rings. The van der Waals surface area contributed by atoms with Crippen LogP contribution in [0.2, 0.25) is 0 Å². The Labute approximate surface area is 134 Å². The van der Waals surface area contributed by atoms with Gasteiger partial charge in [-0.05, 0) is 29.3 Å². The SMILES string of the molecule is N#Cc1cccc2c(C#N)c(C=Cc3ccc(N)cc3)ccc12. The van der Waals surface area contributed by atoms with E-state index in [4.69, 9.17) is 5.73 Å². The van der Waals surface area contributed by atoms with E-state index in [9.17, 15) is 10.5 Å². The summed E-state index contributed by atoms with van der Waals surface area (Å²) in [5.41, 5.74) is 9.38. The first-order chi connectivity index (χ1) is 11.2. The molecule has 0 atom stereocenters. The van der Waals surface area contributed by atoms with Crippen LogP contribution in [0.3, 0.4) is 0 Å². The van der Waals surface area contributed by atoms with Gasteiger partial charge in [-0.25, -0.2) is 0 Å². The maximum atomic E-state index is 9.53. The van der Waals surface area contributed by atoms with E-state index in [0.717, 1.165) is 27.6 Å². The van der Waals surface area contributed by atoms with Gasteiger partial charge in [-0.3, -0.25) is 0 Å². The molecule has 0 aliphatic carbocycles. The van der Waals surface area contributed by atoms with Crippen molar-refractivity contribution in [3.8, 4) is 12.1 Å². The Balaban J connectivity index is 2.10. The highest BCUT2D eigenvalue weighted by atomic mass is 14.5. The number of hydrogen-bond donors (Lipinski definition) is 1. The van der Waals surface area contributed by atoms with Crippen LogP contribution < -0.4 is 5.73 Å². The summed E-state index contributed by atoms with van der Waals surface area (Å²) in [5.74, 6) is 0. The highest BCUT2D eigenvalue weighted by Gasteiger charge is 2.08. The van der Waals surface area contributed by atoms with Gasteiger partial charge in [0.1, 0.15) is 6.07 Å². The standard InChI is InChI=1S/C20H13N3/c21-12-16-2-1-3-19-18(16)11-8-15(20(19)13-22)7-4-14-5-9-17(23)10-6-14/h1-11H,23H2. The highest BCUT2D eigenvalue weighted by Crippen LogP contribution is 2.26. The Morgan fingerprint density at radius 2 is 1.57 bits per heavy atom. The van der Waals surface area contributed by atoms with E-state index < -0.39 is 0 Å². The smallest absolute Gasteiger partial charge is 0.100 e. The van der Waals surface area contributed by atoms with E-state index in [2.05, 4.69) is 12.1 Å². The molecule has 0 heterocycles. The molecular weight excluding hydrogens is 282 g/mol. The summed E-state index contributed by atoms with van der Waals surface area (Å²) >= 11 is 0. The van der Waals surface area contributed by atoms with Crippen LogP contribution in [0.5, 0.6) is 0 Å². The van der Waals surface area contributed by atoms with Crippen molar-refractivity contribution in [3.05, 3.63) is 76.9 Å². The average Bonchev–Trinajstić information content (AvgIpc) is 2.60. The van der Waals surface area contributed by atoms with Gasteiger partial charge in [-0.2, -0.15) is 10.5 Å². The van der Waals surface area contributed by atoms with Crippen LogP contribution in [0.15, 0.2) is 54.6 Å².